The van der Waals surface area contributed by atoms with Crippen molar-refractivity contribution in [1.29, 1.82) is 0 Å². The van der Waals surface area contributed by atoms with Gasteiger partial charge in [0.1, 0.15) is 12.6 Å². The highest BCUT2D eigenvalue weighted by Crippen LogP contribution is 2.26. The zero-order chi connectivity index (χ0) is 13.9. The van der Waals surface area contributed by atoms with Gasteiger partial charge in [-0.05, 0) is 13.0 Å². The largest absolute Gasteiger partial charge is 0.488 e. The Morgan fingerprint density at radius 2 is 2.28 bits per heavy atom. The number of hydrogen-bond donors (Lipinski definition) is 2. The highest BCUT2D eigenvalue weighted by atomic mass is 19.1. The smallest absolute Gasteiger partial charge is 0.324 e. The van der Waals surface area contributed by atoms with Crippen molar-refractivity contribution >= 4 is 11.7 Å². The molecule has 3 N–H and O–H groups in total. The third-order valence-electron chi connectivity index (χ3n) is 2.18. The number of carbonyl (C=O) groups is 1. The number of aryl methyl sites for hydroxylation is 1. The second-order valence-electron chi connectivity index (χ2n) is 3.58. The van der Waals surface area contributed by atoms with Crippen LogP contribution in [0, 0.1) is 22.9 Å². The van der Waals surface area contributed by atoms with E-state index in [4.69, 9.17) is 15.6 Å². The third-order valence-corrected chi connectivity index (χ3v) is 2.18. The van der Waals surface area contributed by atoms with E-state index in [2.05, 4.69) is 0 Å². The fourth-order valence-electron chi connectivity index (χ4n) is 1.20. The van der Waals surface area contributed by atoms with Crippen molar-refractivity contribution in [3.8, 4) is 5.75 Å². The van der Waals surface area contributed by atoms with E-state index in [0.29, 0.717) is 0 Å². The quantitative estimate of drug-likeness (QED) is 0.597. The van der Waals surface area contributed by atoms with E-state index < -0.39 is 29.4 Å². The lowest BCUT2D eigenvalue weighted by molar-refractivity contribution is -0.385. The fraction of sp³-hybridized carbons (Fsp3) is 0.300. The molecule has 0 aliphatic heterocycles. The number of rotatable bonds is 5. The molecule has 0 aromatic heterocycles. The van der Waals surface area contributed by atoms with Gasteiger partial charge in [-0.25, -0.2) is 4.39 Å². The van der Waals surface area contributed by atoms with Crippen LogP contribution < -0.4 is 10.5 Å². The SMILES string of the molecule is Cc1cc(OCC(N)C(=O)O)c(F)cc1[N+](=O)[O-]. The summed E-state index contributed by atoms with van der Waals surface area (Å²) in [5, 5.41) is 19.1. The normalized spacial score (nSPS) is 11.9. The van der Waals surface area contributed by atoms with E-state index in [0.717, 1.165) is 12.1 Å². The highest BCUT2D eigenvalue weighted by molar-refractivity contribution is 5.73. The van der Waals surface area contributed by atoms with Gasteiger partial charge in [-0.2, -0.15) is 0 Å². The molecule has 1 atom stereocenters. The zero-order valence-electron chi connectivity index (χ0n) is 9.42. The van der Waals surface area contributed by atoms with Crippen molar-refractivity contribution < 1.29 is 24.0 Å². The van der Waals surface area contributed by atoms with Crippen LogP contribution in [0.1, 0.15) is 5.56 Å². The lowest BCUT2D eigenvalue weighted by atomic mass is 10.2. The summed E-state index contributed by atoms with van der Waals surface area (Å²) in [5.41, 5.74) is 5.01. The van der Waals surface area contributed by atoms with Crippen molar-refractivity contribution in [1.82, 2.24) is 0 Å². The number of ether oxygens (including phenoxy) is 1. The van der Waals surface area contributed by atoms with E-state index in [1.807, 2.05) is 0 Å². The minimum atomic E-state index is -1.29. The first kappa shape index (κ1) is 13.8. The van der Waals surface area contributed by atoms with Gasteiger partial charge in [-0.15, -0.1) is 0 Å². The van der Waals surface area contributed by atoms with Crippen molar-refractivity contribution in [2.24, 2.45) is 5.73 Å². The molecule has 0 amide bonds. The van der Waals surface area contributed by atoms with Crippen LogP contribution in [-0.2, 0) is 4.79 Å². The van der Waals surface area contributed by atoms with Gasteiger partial charge in [-0.1, -0.05) is 0 Å². The topological polar surface area (TPSA) is 116 Å². The number of benzene rings is 1. The molecule has 1 aromatic carbocycles. The molecule has 0 aliphatic rings. The lowest BCUT2D eigenvalue weighted by Gasteiger charge is -2.10. The summed E-state index contributed by atoms with van der Waals surface area (Å²) in [4.78, 5) is 20.3. The number of carboxylic acids is 1. The molecular formula is C10H11FN2O5. The maximum absolute atomic E-state index is 13.4. The second-order valence-corrected chi connectivity index (χ2v) is 3.58. The lowest BCUT2D eigenvalue weighted by Crippen LogP contribution is -2.36. The molecule has 98 valence electrons. The number of aliphatic carboxylic acids is 1. The summed E-state index contributed by atoms with van der Waals surface area (Å²) in [6.45, 7) is 0.991. The Morgan fingerprint density at radius 1 is 1.67 bits per heavy atom. The predicted octanol–water partition coefficient (Wildman–Crippen LogP) is 0.833. The number of carboxylic acid groups (broad SMARTS) is 1. The van der Waals surface area contributed by atoms with Crippen LogP contribution in [0.5, 0.6) is 5.75 Å². The van der Waals surface area contributed by atoms with Crippen LogP contribution in [0.3, 0.4) is 0 Å². The summed E-state index contributed by atoms with van der Waals surface area (Å²) in [7, 11) is 0. The molecule has 7 nitrogen and oxygen atoms in total. The van der Waals surface area contributed by atoms with Crippen molar-refractivity contribution in [2.45, 2.75) is 13.0 Å². The van der Waals surface area contributed by atoms with Crippen LogP contribution >= 0.6 is 0 Å². The highest BCUT2D eigenvalue weighted by Gasteiger charge is 2.18. The van der Waals surface area contributed by atoms with Gasteiger partial charge in [0.25, 0.3) is 5.69 Å². The Hall–Kier alpha value is -2.22. The summed E-state index contributed by atoms with van der Waals surface area (Å²) < 4.78 is 18.3. The average molecular weight is 258 g/mol. The van der Waals surface area contributed by atoms with Gasteiger partial charge < -0.3 is 15.6 Å². The summed E-state index contributed by atoms with van der Waals surface area (Å²) >= 11 is 0. The Bertz CT molecular complexity index is 491. The predicted molar refractivity (Wildman–Crippen MR) is 58.9 cm³/mol. The Balaban J connectivity index is 2.88. The van der Waals surface area contributed by atoms with Gasteiger partial charge in [0.15, 0.2) is 11.6 Å². The van der Waals surface area contributed by atoms with Gasteiger partial charge in [-0.3, -0.25) is 14.9 Å². The number of nitrogens with two attached hydrogens (primary N) is 1. The molecule has 0 saturated carbocycles. The second kappa shape index (κ2) is 5.41. The fourth-order valence-corrected chi connectivity index (χ4v) is 1.20. The molecule has 0 bridgehead atoms. The summed E-state index contributed by atoms with van der Waals surface area (Å²) in [6.07, 6.45) is 0. The van der Waals surface area contributed by atoms with Crippen LogP contribution in [0.2, 0.25) is 0 Å². The van der Waals surface area contributed by atoms with Gasteiger partial charge in [0.05, 0.1) is 11.0 Å². The number of halogens is 1. The number of hydrogen-bond acceptors (Lipinski definition) is 5. The van der Waals surface area contributed by atoms with Crippen LogP contribution in [0.15, 0.2) is 12.1 Å². The maximum atomic E-state index is 13.4. The standard InChI is InChI=1S/C10H11FN2O5/c1-5-2-9(18-4-7(12)10(14)15)6(11)3-8(5)13(16)17/h2-3,7H,4,12H2,1H3,(H,14,15). The molecule has 18 heavy (non-hydrogen) atoms. The summed E-state index contributed by atoms with van der Waals surface area (Å²) in [5.74, 6) is -2.49. The third kappa shape index (κ3) is 3.14. The monoisotopic (exact) mass is 258 g/mol. The molecule has 1 aromatic rings. The minimum absolute atomic E-state index is 0.209. The average Bonchev–Trinajstić information content (AvgIpc) is 2.28. The van der Waals surface area contributed by atoms with Gasteiger partial charge in [0.2, 0.25) is 0 Å². The van der Waals surface area contributed by atoms with E-state index in [-0.39, 0.29) is 17.0 Å². The molecule has 0 saturated heterocycles. The van der Waals surface area contributed by atoms with E-state index in [9.17, 15) is 19.3 Å². The number of nitrogens with zero attached hydrogens (tertiary/aromatic N) is 1. The van der Waals surface area contributed by atoms with Crippen LogP contribution in [0.4, 0.5) is 10.1 Å². The number of nitro groups is 1. The number of nitro benzene ring substituents is 1. The molecular weight excluding hydrogens is 247 g/mol. The molecule has 1 unspecified atom stereocenters. The Kier molecular flexibility index (Phi) is 4.16. The van der Waals surface area contributed by atoms with Crippen molar-refractivity contribution in [3.05, 3.63) is 33.6 Å². The molecule has 0 heterocycles. The first-order valence-electron chi connectivity index (χ1n) is 4.88. The minimum Gasteiger partial charge on any atom is -0.488 e. The van der Waals surface area contributed by atoms with E-state index in [1.54, 1.807) is 0 Å². The van der Waals surface area contributed by atoms with Crippen molar-refractivity contribution in [3.63, 3.8) is 0 Å². The Labute approximate surface area is 101 Å². The van der Waals surface area contributed by atoms with Gasteiger partial charge >= 0.3 is 5.97 Å². The molecule has 0 fully saturated rings. The van der Waals surface area contributed by atoms with E-state index >= 15 is 0 Å². The first-order valence-corrected chi connectivity index (χ1v) is 4.88. The van der Waals surface area contributed by atoms with E-state index in [1.165, 1.54) is 6.92 Å². The zero-order valence-corrected chi connectivity index (χ0v) is 9.42. The van der Waals surface area contributed by atoms with Crippen molar-refractivity contribution in [2.75, 3.05) is 6.61 Å². The molecule has 8 heteroatoms. The van der Waals surface area contributed by atoms with Crippen LogP contribution in [-0.4, -0.2) is 28.6 Å². The molecule has 1 rings (SSSR count). The molecule has 0 radical (unpaired) electrons. The van der Waals surface area contributed by atoms with Gasteiger partial charge in [0, 0.05) is 5.56 Å². The Morgan fingerprint density at radius 3 is 2.78 bits per heavy atom. The maximum Gasteiger partial charge on any atom is 0.324 e. The van der Waals surface area contributed by atoms with Crippen LogP contribution in [0.25, 0.3) is 0 Å². The first-order chi connectivity index (χ1) is 8.32. The summed E-state index contributed by atoms with van der Waals surface area (Å²) in [6, 6.07) is 0.554. The molecule has 0 aliphatic carbocycles. The molecule has 0 spiro atoms.